The molecule has 8 heteroatoms. The van der Waals surface area contributed by atoms with Gasteiger partial charge < -0.3 is 20.3 Å². The van der Waals surface area contributed by atoms with Gasteiger partial charge in [0.25, 0.3) is 0 Å². The third-order valence-corrected chi connectivity index (χ3v) is 2.75. The quantitative estimate of drug-likeness (QED) is 0.678. The van der Waals surface area contributed by atoms with Gasteiger partial charge in [0, 0.05) is 6.54 Å². The summed E-state index contributed by atoms with van der Waals surface area (Å²) in [5, 5.41) is 21.7. The van der Waals surface area contributed by atoms with Gasteiger partial charge in [-0.15, -0.1) is 10.2 Å². The summed E-state index contributed by atoms with van der Waals surface area (Å²) >= 11 is 0. The number of carboxylic acids is 1. The van der Waals surface area contributed by atoms with Gasteiger partial charge >= 0.3 is 12.0 Å². The fourth-order valence-corrected chi connectivity index (χ4v) is 1.74. The van der Waals surface area contributed by atoms with E-state index in [1.807, 2.05) is 20.8 Å². The lowest BCUT2D eigenvalue weighted by Gasteiger charge is -2.16. The van der Waals surface area contributed by atoms with Gasteiger partial charge in [-0.3, -0.25) is 0 Å². The van der Waals surface area contributed by atoms with Crippen LogP contribution in [0.4, 0.5) is 4.79 Å². The smallest absolute Gasteiger partial charge is 0.326 e. The van der Waals surface area contributed by atoms with Crippen molar-refractivity contribution >= 4 is 12.0 Å². The van der Waals surface area contributed by atoms with Crippen LogP contribution in [0, 0.1) is 5.92 Å². The summed E-state index contributed by atoms with van der Waals surface area (Å²) in [5.41, 5.74) is 0. The maximum Gasteiger partial charge on any atom is 0.326 e. The summed E-state index contributed by atoms with van der Waals surface area (Å²) in [7, 11) is 0. The number of hydrogen-bond donors (Lipinski definition) is 3. The van der Waals surface area contributed by atoms with Gasteiger partial charge in [-0.2, -0.15) is 0 Å². The number of nitrogens with zero attached hydrogens (tertiary/aromatic N) is 3. The Morgan fingerprint density at radius 3 is 2.70 bits per heavy atom. The highest BCUT2D eigenvalue weighted by molar-refractivity contribution is 5.82. The van der Waals surface area contributed by atoms with E-state index in [0.29, 0.717) is 18.8 Å². The van der Waals surface area contributed by atoms with Gasteiger partial charge in [-0.25, -0.2) is 9.59 Å². The van der Waals surface area contributed by atoms with Crippen LogP contribution in [-0.4, -0.2) is 37.9 Å². The molecule has 0 saturated heterocycles. The molecule has 0 spiro atoms. The molecule has 3 N–H and O–H groups in total. The number of aryl methyl sites for hydroxylation is 1. The third kappa shape index (κ3) is 4.87. The molecule has 1 heterocycles. The van der Waals surface area contributed by atoms with Crippen molar-refractivity contribution in [2.75, 3.05) is 0 Å². The highest BCUT2D eigenvalue weighted by Gasteiger charge is 2.21. The lowest BCUT2D eigenvalue weighted by Crippen LogP contribution is -2.46. The molecule has 0 aliphatic heterocycles. The highest BCUT2D eigenvalue weighted by Crippen LogP contribution is 2.04. The Hall–Kier alpha value is -2.12. The molecule has 0 aliphatic carbocycles. The predicted molar refractivity (Wildman–Crippen MR) is 71.9 cm³/mol. The fourth-order valence-electron chi connectivity index (χ4n) is 1.74. The van der Waals surface area contributed by atoms with Gasteiger partial charge in [0.1, 0.15) is 12.4 Å². The topological polar surface area (TPSA) is 109 Å². The molecule has 0 bridgehead atoms. The van der Waals surface area contributed by atoms with Crippen LogP contribution in [0.5, 0.6) is 0 Å². The Morgan fingerprint density at radius 2 is 2.15 bits per heavy atom. The van der Waals surface area contributed by atoms with Crippen LogP contribution >= 0.6 is 0 Å². The number of nitrogens with one attached hydrogen (secondary N) is 2. The number of hydrogen-bond acceptors (Lipinski definition) is 4. The van der Waals surface area contributed by atoms with Crippen LogP contribution in [-0.2, 0) is 17.9 Å². The Balaban J connectivity index is 2.48. The summed E-state index contributed by atoms with van der Waals surface area (Å²) in [6.07, 6.45) is 1.96. The number of aliphatic carboxylic acids is 1. The molecule has 1 aromatic heterocycles. The van der Waals surface area contributed by atoms with E-state index >= 15 is 0 Å². The molecule has 0 aliphatic rings. The van der Waals surface area contributed by atoms with Gasteiger partial charge in [-0.1, -0.05) is 13.8 Å². The average molecular weight is 283 g/mol. The minimum atomic E-state index is -1.04. The van der Waals surface area contributed by atoms with Crippen LogP contribution in [0.1, 0.15) is 33.0 Å². The Kier molecular flexibility index (Phi) is 5.95. The zero-order chi connectivity index (χ0) is 15.1. The number of aromatic nitrogens is 3. The normalized spacial score (nSPS) is 12.2. The summed E-state index contributed by atoms with van der Waals surface area (Å²) < 4.78 is 1.79. The first-order valence-corrected chi connectivity index (χ1v) is 6.57. The summed E-state index contributed by atoms with van der Waals surface area (Å²) in [5.74, 6) is -0.233. The van der Waals surface area contributed by atoms with Crippen molar-refractivity contribution in [3.8, 4) is 0 Å². The number of carbonyl (C=O) groups is 2. The van der Waals surface area contributed by atoms with Crippen LogP contribution in [0.3, 0.4) is 0 Å². The molecule has 112 valence electrons. The second-order valence-electron chi connectivity index (χ2n) is 4.88. The monoisotopic (exact) mass is 283 g/mol. The van der Waals surface area contributed by atoms with E-state index in [-0.39, 0.29) is 12.5 Å². The molecule has 20 heavy (non-hydrogen) atoms. The predicted octanol–water partition coefficient (Wildman–Crippen LogP) is 0.596. The maximum atomic E-state index is 11.7. The van der Waals surface area contributed by atoms with Crippen molar-refractivity contribution in [2.24, 2.45) is 5.92 Å². The second-order valence-corrected chi connectivity index (χ2v) is 4.88. The minimum Gasteiger partial charge on any atom is -0.480 e. The van der Waals surface area contributed by atoms with E-state index in [0.717, 1.165) is 0 Å². The zero-order valence-electron chi connectivity index (χ0n) is 12.0. The first-order chi connectivity index (χ1) is 9.43. The Bertz CT molecular complexity index is 458. The molecule has 0 unspecified atom stereocenters. The van der Waals surface area contributed by atoms with Crippen molar-refractivity contribution in [3.63, 3.8) is 0 Å². The molecular weight excluding hydrogens is 262 g/mol. The van der Waals surface area contributed by atoms with Crippen LogP contribution in [0.15, 0.2) is 6.33 Å². The third-order valence-electron chi connectivity index (χ3n) is 2.75. The molecule has 1 rings (SSSR count). The molecule has 2 amide bonds. The van der Waals surface area contributed by atoms with E-state index in [1.54, 1.807) is 10.9 Å². The van der Waals surface area contributed by atoms with E-state index in [4.69, 9.17) is 5.11 Å². The van der Waals surface area contributed by atoms with Crippen LogP contribution < -0.4 is 10.6 Å². The Morgan fingerprint density at radius 1 is 1.45 bits per heavy atom. The molecule has 0 radical (unpaired) electrons. The van der Waals surface area contributed by atoms with Crippen LogP contribution in [0.2, 0.25) is 0 Å². The largest absolute Gasteiger partial charge is 0.480 e. The van der Waals surface area contributed by atoms with Gasteiger partial charge in [0.2, 0.25) is 0 Å². The van der Waals surface area contributed by atoms with Crippen LogP contribution in [0.25, 0.3) is 0 Å². The van der Waals surface area contributed by atoms with Crippen molar-refractivity contribution in [3.05, 3.63) is 12.2 Å². The maximum absolute atomic E-state index is 11.7. The molecule has 0 aromatic carbocycles. The fraction of sp³-hybridized carbons (Fsp3) is 0.667. The lowest BCUT2D eigenvalue weighted by molar-refractivity contribution is -0.139. The molecule has 1 atom stereocenters. The van der Waals surface area contributed by atoms with E-state index < -0.39 is 18.0 Å². The molecule has 0 fully saturated rings. The molecular formula is C12H21N5O3. The standard InChI is InChI=1S/C12H21N5O3/c1-4-17-7-14-16-10(17)6-13-12(20)15-9(11(18)19)5-8(2)3/h7-9H,4-6H2,1-3H3,(H,18,19)(H2,13,15,20)/t9-/m0/s1. The average Bonchev–Trinajstić information content (AvgIpc) is 2.82. The van der Waals surface area contributed by atoms with E-state index in [2.05, 4.69) is 20.8 Å². The molecule has 1 aromatic rings. The zero-order valence-corrected chi connectivity index (χ0v) is 12.0. The SMILES string of the molecule is CCn1cnnc1CNC(=O)N[C@@H](CC(C)C)C(=O)O. The van der Waals surface area contributed by atoms with Crippen molar-refractivity contribution < 1.29 is 14.7 Å². The summed E-state index contributed by atoms with van der Waals surface area (Å²) in [6.45, 7) is 6.65. The Labute approximate surface area is 117 Å². The molecule has 0 saturated carbocycles. The first kappa shape index (κ1) is 15.9. The van der Waals surface area contributed by atoms with Gasteiger partial charge in [-0.05, 0) is 19.3 Å². The van der Waals surface area contributed by atoms with E-state index in [9.17, 15) is 9.59 Å². The van der Waals surface area contributed by atoms with Crippen molar-refractivity contribution in [1.82, 2.24) is 25.4 Å². The lowest BCUT2D eigenvalue weighted by atomic mass is 10.0. The summed E-state index contributed by atoms with van der Waals surface area (Å²) in [4.78, 5) is 22.7. The number of rotatable bonds is 7. The first-order valence-electron chi connectivity index (χ1n) is 6.57. The number of amides is 2. The number of carbonyl (C=O) groups excluding carboxylic acids is 1. The number of carboxylic acid groups (broad SMARTS) is 1. The van der Waals surface area contributed by atoms with Gasteiger partial charge in [0.15, 0.2) is 5.82 Å². The highest BCUT2D eigenvalue weighted by atomic mass is 16.4. The van der Waals surface area contributed by atoms with Gasteiger partial charge in [0.05, 0.1) is 6.54 Å². The van der Waals surface area contributed by atoms with Crippen molar-refractivity contribution in [1.29, 1.82) is 0 Å². The molecule has 8 nitrogen and oxygen atoms in total. The van der Waals surface area contributed by atoms with Crippen molar-refractivity contribution in [2.45, 2.75) is 46.3 Å². The summed E-state index contributed by atoms with van der Waals surface area (Å²) in [6, 6.07) is -1.41. The minimum absolute atomic E-state index is 0.180. The second kappa shape index (κ2) is 7.46. The van der Waals surface area contributed by atoms with E-state index in [1.165, 1.54) is 0 Å². The number of urea groups is 1.